The fourth-order valence-electron chi connectivity index (χ4n) is 3.18. The Morgan fingerprint density at radius 1 is 1.13 bits per heavy atom. The Bertz CT molecular complexity index is 842. The summed E-state index contributed by atoms with van der Waals surface area (Å²) in [4.78, 5) is 11.2. The van der Waals surface area contributed by atoms with E-state index >= 15 is 0 Å². The Kier molecular flexibility index (Phi) is 9.48. The number of esters is 1. The molecule has 0 aliphatic carbocycles. The van der Waals surface area contributed by atoms with Crippen LogP contribution in [0.1, 0.15) is 43.9 Å². The van der Waals surface area contributed by atoms with Crippen LogP contribution in [0.5, 0.6) is 11.5 Å². The lowest BCUT2D eigenvalue weighted by Gasteiger charge is -2.28. The second-order valence-corrected chi connectivity index (χ2v) is 8.59. The van der Waals surface area contributed by atoms with E-state index in [1.165, 1.54) is 6.92 Å². The van der Waals surface area contributed by atoms with Gasteiger partial charge in [0, 0.05) is 25.4 Å². The van der Waals surface area contributed by atoms with Crippen LogP contribution in [0.15, 0.2) is 36.4 Å². The number of carbonyl (C=O) groups is 1. The van der Waals surface area contributed by atoms with Gasteiger partial charge in [-0.25, -0.2) is 0 Å². The van der Waals surface area contributed by atoms with E-state index in [9.17, 15) is 4.79 Å². The van der Waals surface area contributed by atoms with E-state index in [-0.39, 0.29) is 24.5 Å². The molecule has 0 saturated heterocycles. The van der Waals surface area contributed by atoms with E-state index in [1.807, 2.05) is 37.3 Å². The Labute approximate surface area is 194 Å². The van der Waals surface area contributed by atoms with Gasteiger partial charge in [0.15, 0.2) is 0 Å². The van der Waals surface area contributed by atoms with Crippen molar-refractivity contribution in [2.75, 3.05) is 25.7 Å². The summed E-state index contributed by atoms with van der Waals surface area (Å²) in [7, 11) is 0. The fraction of sp³-hybridized carbons (Fsp3) is 0.458. The zero-order valence-electron chi connectivity index (χ0n) is 18.4. The minimum Gasteiger partial charge on any atom is -0.494 e. The molecule has 0 fully saturated rings. The maximum Gasteiger partial charge on any atom is 0.303 e. The molecule has 2 aromatic rings. The maximum atomic E-state index is 11.2. The van der Waals surface area contributed by atoms with Crippen molar-refractivity contribution >= 4 is 29.2 Å². The Morgan fingerprint density at radius 3 is 2.35 bits per heavy atom. The summed E-state index contributed by atoms with van der Waals surface area (Å²) < 4.78 is 16.6. The molecular formula is C24H30Cl2O5. The Hall–Kier alpha value is -1.95. The maximum absolute atomic E-state index is 11.2. The summed E-state index contributed by atoms with van der Waals surface area (Å²) in [6.45, 7) is 8.25. The molecule has 0 aliphatic rings. The number of halogens is 2. The third-order valence-corrected chi connectivity index (χ3v) is 5.64. The van der Waals surface area contributed by atoms with Crippen LogP contribution in [0.4, 0.5) is 0 Å². The molecule has 0 radical (unpaired) electrons. The average molecular weight is 469 g/mol. The van der Waals surface area contributed by atoms with Crippen molar-refractivity contribution in [1.82, 2.24) is 0 Å². The minimum absolute atomic E-state index is 0.112. The number of hydrogen-bond donors (Lipinski definition) is 1. The van der Waals surface area contributed by atoms with Crippen LogP contribution < -0.4 is 9.47 Å². The van der Waals surface area contributed by atoms with Crippen LogP contribution in [0, 0.1) is 6.92 Å². The van der Waals surface area contributed by atoms with Gasteiger partial charge in [-0.15, -0.1) is 11.6 Å². The highest BCUT2D eigenvalue weighted by Gasteiger charge is 2.25. The Morgan fingerprint density at radius 2 is 1.81 bits per heavy atom. The molecular weight excluding hydrogens is 439 g/mol. The lowest BCUT2D eigenvalue weighted by molar-refractivity contribution is -0.146. The van der Waals surface area contributed by atoms with Gasteiger partial charge in [0.25, 0.3) is 0 Å². The minimum atomic E-state index is -0.538. The summed E-state index contributed by atoms with van der Waals surface area (Å²) in [5, 5.41) is 9.36. The second-order valence-electron chi connectivity index (χ2n) is 7.88. The van der Waals surface area contributed by atoms with Gasteiger partial charge in [0.1, 0.15) is 24.2 Å². The van der Waals surface area contributed by atoms with E-state index in [0.717, 1.165) is 22.4 Å². The van der Waals surface area contributed by atoms with Crippen LogP contribution in [-0.4, -0.2) is 42.9 Å². The molecule has 0 amide bonds. The number of aliphatic hydroxyl groups is 1. The predicted molar refractivity (Wildman–Crippen MR) is 124 cm³/mol. The third-order valence-electron chi connectivity index (χ3n) is 5.02. The van der Waals surface area contributed by atoms with Gasteiger partial charge < -0.3 is 19.3 Å². The smallest absolute Gasteiger partial charge is 0.303 e. The number of aryl methyl sites for hydroxylation is 1. The highest BCUT2D eigenvalue weighted by atomic mass is 35.5. The quantitative estimate of drug-likeness (QED) is 0.276. The van der Waals surface area contributed by atoms with Crippen LogP contribution in [0.2, 0.25) is 5.02 Å². The number of carbonyl (C=O) groups excluding carboxylic acids is 1. The van der Waals surface area contributed by atoms with Gasteiger partial charge in [-0.2, -0.15) is 0 Å². The highest BCUT2D eigenvalue weighted by Crippen LogP contribution is 2.38. The molecule has 0 bridgehead atoms. The molecule has 0 spiro atoms. The van der Waals surface area contributed by atoms with Gasteiger partial charge in [0.2, 0.25) is 0 Å². The molecule has 5 nitrogen and oxygen atoms in total. The van der Waals surface area contributed by atoms with Crippen molar-refractivity contribution < 1.29 is 24.1 Å². The van der Waals surface area contributed by atoms with Gasteiger partial charge >= 0.3 is 5.97 Å². The van der Waals surface area contributed by atoms with Crippen LogP contribution in [-0.2, 0) is 14.9 Å². The van der Waals surface area contributed by atoms with Gasteiger partial charge in [-0.05, 0) is 41.8 Å². The van der Waals surface area contributed by atoms with E-state index in [1.54, 1.807) is 0 Å². The third kappa shape index (κ3) is 7.03. The molecule has 0 aliphatic heterocycles. The topological polar surface area (TPSA) is 65.0 Å². The molecule has 2 rings (SSSR count). The summed E-state index contributed by atoms with van der Waals surface area (Å²) in [6, 6.07) is 11.9. The van der Waals surface area contributed by atoms with Crippen LogP contribution in [0.3, 0.4) is 0 Å². The van der Waals surface area contributed by atoms with Crippen molar-refractivity contribution in [3.63, 3.8) is 0 Å². The van der Waals surface area contributed by atoms with Gasteiger partial charge in [-0.3, -0.25) is 4.79 Å². The monoisotopic (exact) mass is 468 g/mol. The van der Waals surface area contributed by atoms with Crippen LogP contribution >= 0.6 is 23.2 Å². The SMILES string of the molecule is CC(=O)OC(CCl)COc1c(C)cc(C(C)(C)c2ccc(OCCCO)cc2)cc1Cl. The molecule has 0 heterocycles. The van der Waals surface area contributed by atoms with Crippen molar-refractivity contribution in [3.05, 3.63) is 58.1 Å². The molecule has 31 heavy (non-hydrogen) atoms. The molecule has 1 N–H and O–H groups in total. The van der Waals surface area contributed by atoms with Crippen molar-refractivity contribution in [1.29, 1.82) is 0 Å². The summed E-state index contributed by atoms with van der Waals surface area (Å²) in [5.74, 6) is 1.06. The molecule has 170 valence electrons. The van der Waals surface area contributed by atoms with Crippen molar-refractivity contribution in [2.24, 2.45) is 0 Å². The largest absolute Gasteiger partial charge is 0.494 e. The fourth-order valence-corrected chi connectivity index (χ4v) is 3.66. The molecule has 0 aromatic heterocycles. The predicted octanol–water partition coefficient (Wildman–Crippen LogP) is 5.28. The summed E-state index contributed by atoms with van der Waals surface area (Å²) >= 11 is 12.4. The summed E-state index contributed by atoms with van der Waals surface area (Å²) in [5.41, 5.74) is 2.75. The number of rotatable bonds is 11. The first-order valence-corrected chi connectivity index (χ1v) is 11.1. The summed E-state index contributed by atoms with van der Waals surface area (Å²) in [6.07, 6.45) is 0.0650. The zero-order valence-corrected chi connectivity index (χ0v) is 19.9. The van der Waals surface area contributed by atoms with Crippen molar-refractivity contribution in [2.45, 2.75) is 45.6 Å². The normalized spacial score (nSPS) is 12.4. The number of ether oxygens (including phenoxy) is 3. The van der Waals surface area contributed by atoms with E-state index in [0.29, 0.717) is 23.8 Å². The molecule has 1 unspecified atom stereocenters. The van der Waals surface area contributed by atoms with Gasteiger partial charge in [0.05, 0.1) is 17.5 Å². The second kappa shape index (κ2) is 11.6. The number of hydrogen-bond acceptors (Lipinski definition) is 5. The lowest BCUT2D eigenvalue weighted by atomic mass is 9.77. The molecule has 2 aromatic carbocycles. The number of aliphatic hydroxyl groups excluding tert-OH is 1. The molecule has 0 saturated carbocycles. The molecule has 7 heteroatoms. The average Bonchev–Trinajstić information content (AvgIpc) is 2.72. The first-order valence-electron chi connectivity index (χ1n) is 10.2. The first kappa shape index (κ1) is 25.3. The first-order chi connectivity index (χ1) is 14.7. The van der Waals surface area contributed by atoms with E-state index in [2.05, 4.69) is 19.9 Å². The number of benzene rings is 2. The van der Waals surface area contributed by atoms with Crippen molar-refractivity contribution in [3.8, 4) is 11.5 Å². The lowest BCUT2D eigenvalue weighted by Crippen LogP contribution is -2.26. The van der Waals surface area contributed by atoms with Gasteiger partial charge in [-0.1, -0.05) is 43.6 Å². The molecule has 1 atom stereocenters. The Balaban J connectivity index is 2.17. The highest BCUT2D eigenvalue weighted by molar-refractivity contribution is 6.32. The van der Waals surface area contributed by atoms with Crippen LogP contribution in [0.25, 0.3) is 0 Å². The van der Waals surface area contributed by atoms with E-state index < -0.39 is 12.1 Å². The number of alkyl halides is 1. The standard InChI is InChI=1S/C24H30Cl2O5/c1-16-12-19(13-22(26)23(16)30-15-21(14-25)31-17(2)28)24(3,4)18-6-8-20(9-7-18)29-11-5-10-27/h6-9,12-13,21,27H,5,10-11,14-15H2,1-4H3. The van der Waals surface area contributed by atoms with E-state index in [4.69, 9.17) is 42.5 Å². The zero-order chi connectivity index (χ0) is 23.0.